The minimum atomic E-state index is 0.284. The van der Waals surface area contributed by atoms with E-state index in [2.05, 4.69) is 22.3 Å². The third kappa shape index (κ3) is 2.76. The molecule has 0 unspecified atom stereocenters. The van der Waals surface area contributed by atoms with Crippen LogP contribution >= 0.6 is 0 Å². The van der Waals surface area contributed by atoms with Gasteiger partial charge in [-0.2, -0.15) is 0 Å². The number of methoxy groups -OCH3 is 1. The van der Waals surface area contributed by atoms with Crippen LogP contribution in [0, 0.1) is 0 Å². The molecule has 0 atom stereocenters. The normalized spacial score (nSPS) is 23.2. The zero-order valence-electron chi connectivity index (χ0n) is 13.9. The number of nitrogens with one attached hydrogen (secondary N) is 1. The Morgan fingerprint density at radius 2 is 2.09 bits per heavy atom. The lowest BCUT2D eigenvalue weighted by atomic mass is 9.79. The predicted octanol–water partition coefficient (Wildman–Crippen LogP) is 2.53. The van der Waals surface area contributed by atoms with Gasteiger partial charge in [-0.1, -0.05) is 19.3 Å². The number of rotatable bonds is 3. The molecule has 5 nitrogen and oxygen atoms in total. The lowest BCUT2D eigenvalue weighted by Gasteiger charge is -2.50. The van der Waals surface area contributed by atoms with Crippen molar-refractivity contribution < 1.29 is 14.2 Å². The van der Waals surface area contributed by atoms with Crippen LogP contribution in [0.15, 0.2) is 12.1 Å². The molecule has 0 aromatic heterocycles. The number of piperazine rings is 1. The van der Waals surface area contributed by atoms with Gasteiger partial charge in [0.05, 0.1) is 7.11 Å². The number of nitrogens with zero attached hydrogens (tertiary/aromatic N) is 1. The predicted molar refractivity (Wildman–Crippen MR) is 88.2 cm³/mol. The van der Waals surface area contributed by atoms with E-state index in [1.807, 2.05) is 0 Å². The van der Waals surface area contributed by atoms with Gasteiger partial charge >= 0.3 is 0 Å². The zero-order valence-corrected chi connectivity index (χ0v) is 13.9. The molecule has 5 heteroatoms. The molecular formula is C18H26N2O3. The summed E-state index contributed by atoms with van der Waals surface area (Å²) in [5, 5.41) is 3.61. The second-order valence-corrected chi connectivity index (χ2v) is 6.92. The topological polar surface area (TPSA) is 43.0 Å². The Morgan fingerprint density at radius 3 is 2.91 bits per heavy atom. The standard InChI is InChI=1S/C18H26N2O3/c1-21-15-9-14(10-16-17(15)23-13-22-16)11-20-8-7-19-12-18(20)5-3-2-4-6-18/h9-10,19H,2-8,11-13H2,1H3. The Morgan fingerprint density at radius 1 is 1.22 bits per heavy atom. The van der Waals surface area contributed by atoms with Crippen LogP contribution in [0.2, 0.25) is 0 Å². The van der Waals surface area contributed by atoms with Gasteiger partial charge in [-0.3, -0.25) is 4.90 Å². The Labute approximate surface area is 137 Å². The van der Waals surface area contributed by atoms with E-state index in [0.717, 1.165) is 43.4 Å². The average molecular weight is 318 g/mol. The fraction of sp³-hybridized carbons (Fsp3) is 0.667. The molecule has 126 valence electrons. The third-order valence-corrected chi connectivity index (χ3v) is 5.56. The van der Waals surface area contributed by atoms with Crippen LogP contribution in [0.3, 0.4) is 0 Å². The molecule has 1 aromatic rings. The highest BCUT2D eigenvalue weighted by Gasteiger charge is 2.39. The maximum absolute atomic E-state index is 5.57. The summed E-state index contributed by atoms with van der Waals surface area (Å²) in [4.78, 5) is 2.68. The molecule has 1 aliphatic carbocycles. The lowest BCUT2D eigenvalue weighted by molar-refractivity contribution is 0.0208. The number of fused-ring (bicyclic) bond motifs is 1. The maximum atomic E-state index is 5.57. The number of hydrogen-bond acceptors (Lipinski definition) is 5. The van der Waals surface area contributed by atoms with E-state index in [-0.39, 0.29) is 6.79 Å². The van der Waals surface area contributed by atoms with Gasteiger partial charge in [0.1, 0.15) is 0 Å². The van der Waals surface area contributed by atoms with Crippen molar-refractivity contribution in [1.82, 2.24) is 10.2 Å². The molecule has 3 aliphatic rings. The first-order valence-corrected chi connectivity index (χ1v) is 8.73. The Bertz CT molecular complexity index is 561. The van der Waals surface area contributed by atoms with E-state index in [0.29, 0.717) is 5.54 Å². The summed E-state index contributed by atoms with van der Waals surface area (Å²) < 4.78 is 16.6. The summed E-state index contributed by atoms with van der Waals surface area (Å²) in [6.07, 6.45) is 6.70. The summed E-state index contributed by atoms with van der Waals surface area (Å²) in [5.41, 5.74) is 1.58. The Balaban J connectivity index is 1.59. The second-order valence-electron chi connectivity index (χ2n) is 6.92. The SMILES string of the molecule is COc1cc(CN2CCNCC23CCCCC3)cc2c1OCO2. The number of benzene rings is 1. The van der Waals surface area contributed by atoms with E-state index in [4.69, 9.17) is 14.2 Å². The Hall–Kier alpha value is -1.46. The van der Waals surface area contributed by atoms with E-state index < -0.39 is 0 Å². The maximum Gasteiger partial charge on any atom is 0.231 e. The lowest BCUT2D eigenvalue weighted by Crippen LogP contribution is -2.61. The zero-order chi connectivity index (χ0) is 15.7. The third-order valence-electron chi connectivity index (χ3n) is 5.56. The molecule has 2 heterocycles. The molecule has 23 heavy (non-hydrogen) atoms. The fourth-order valence-corrected chi connectivity index (χ4v) is 4.33. The molecule has 2 fully saturated rings. The van der Waals surface area contributed by atoms with Crippen LogP contribution in [0.25, 0.3) is 0 Å². The largest absolute Gasteiger partial charge is 0.493 e. The molecule has 1 aromatic carbocycles. The monoisotopic (exact) mass is 318 g/mol. The van der Waals surface area contributed by atoms with Gasteiger partial charge in [-0.25, -0.2) is 0 Å². The summed E-state index contributed by atoms with van der Waals surface area (Å²) >= 11 is 0. The molecule has 0 bridgehead atoms. The first-order valence-electron chi connectivity index (χ1n) is 8.73. The van der Waals surface area contributed by atoms with Crippen LogP contribution in [-0.4, -0.2) is 44.0 Å². The van der Waals surface area contributed by atoms with Crippen molar-refractivity contribution in [3.63, 3.8) is 0 Å². The Kier molecular flexibility index (Phi) is 4.07. The van der Waals surface area contributed by atoms with Crippen LogP contribution in [0.4, 0.5) is 0 Å². The van der Waals surface area contributed by atoms with Crippen LogP contribution in [0.1, 0.15) is 37.7 Å². The van der Waals surface area contributed by atoms with E-state index in [1.54, 1.807) is 7.11 Å². The molecule has 1 saturated carbocycles. The molecule has 1 spiro atoms. The average Bonchev–Trinajstić information content (AvgIpc) is 3.06. The second kappa shape index (κ2) is 6.21. The minimum absolute atomic E-state index is 0.284. The van der Waals surface area contributed by atoms with Gasteiger partial charge in [0.25, 0.3) is 0 Å². The van der Waals surface area contributed by atoms with Crippen molar-refractivity contribution in [3.8, 4) is 17.2 Å². The van der Waals surface area contributed by atoms with Gasteiger partial charge in [0.2, 0.25) is 12.5 Å². The van der Waals surface area contributed by atoms with Gasteiger partial charge < -0.3 is 19.5 Å². The van der Waals surface area contributed by atoms with Gasteiger partial charge in [-0.05, 0) is 30.5 Å². The van der Waals surface area contributed by atoms with Crippen LogP contribution < -0.4 is 19.5 Å². The van der Waals surface area contributed by atoms with Crippen molar-refractivity contribution in [2.24, 2.45) is 0 Å². The first-order chi connectivity index (χ1) is 11.3. The highest BCUT2D eigenvalue weighted by atomic mass is 16.7. The first kappa shape index (κ1) is 15.1. The molecule has 4 rings (SSSR count). The number of ether oxygens (including phenoxy) is 3. The highest BCUT2D eigenvalue weighted by molar-refractivity contribution is 5.55. The summed E-state index contributed by atoms with van der Waals surface area (Å²) in [7, 11) is 1.69. The van der Waals surface area contributed by atoms with Crippen molar-refractivity contribution in [2.45, 2.75) is 44.2 Å². The van der Waals surface area contributed by atoms with Crippen LogP contribution in [-0.2, 0) is 6.54 Å². The van der Waals surface area contributed by atoms with Crippen molar-refractivity contribution in [3.05, 3.63) is 17.7 Å². The fourth-order valence-electron chi connectivity index (χ4n) is 4.33. The molecule has 2 aliphatic heterocycles. The highest BCUT2D eigenvalue weighted by Crippen LogP contribution is 2.43. The van der Waals surface area contributed by atoms with E-state index in [1.165, 1.54) is 37.7 Å². The van der Waals surface area contributed by atoms with E-state index >= 15 is 0 Å². The number of hydrogen-bond donors (Lipinski definition) is 1. The molecule has 1 N–H and O–H groups in total. The van der Waals surface area contributed by atoms with Gasteiger partial charge in [-0.15, -0.1) is 0 Å². The molecule has 0 radical (unpaired) electrons. The summed E-state index contributed by atoms with van der Waals surface area (Å²) in [6, 6.07) is 4.22. The minimum Gasteiger partial charge on any atom is -0.493 e. The van der Waals surface area contributed by atoms with Crippen molar-refractivity contribution in [2.75, 3.05) is 33.5 Å². The summed E-state index contributed by atoms with van der Waals surface area (Å²) in [6.45, 7) is 4.54. The molecule has 1 saturated heterocycles. The smallest absolute Gasteiger partial charge is 0.231 e. The van der Waals surface area contributed by atoms with Crippen molar-refractivity contribution >= 4 is 0 Å². The van der Waals surface area contributed by atoms with Gasteiger partial charge in [0.15, 0.2) is 11.5 Å². The quantitative estimate of drug-likeness (QED) is 0.928. The van der Waals surface area contributed by atoms with Crippen molar-refractivity contribution in [1.29, 1.82) is 0 Å². The molecular weight excluding hydrogens is 292 g/mol. The van der Waals surface area contributed by atoms with Gasteiger partial charge in [0, 0.05) is 31.7 Å². The van der Waals surface area contributed by atoms with Crippen LogP contribution in [0.5, 0.6) is 17.2 Å². The van der Waals surface area contributed by atoms with E-state index in [9.17, 15) is 0 Å². The summed E-state index contributed by atoms with van der Waals surface area (Å²) in [5.74, 6) is 2.33. The molecule has 0 amide bonds.